The van der Waals surface area contributed by atoms with Crippen LogP contribution in [0.2, 0.25) is 0 Å². The number of hydrogen-bond donors (Lipinski definition) is 0. The van der Waals surface area contributed by atoms with Crippen molar-refractivity contribution in [1.29, 1.82) is 0 Å². The zero-order chi connectivity index (χ0) is 13.2. The summed E-state index contributed by atoms with van der Waals surface area (Å²) < 4.78 is 5.18. The van der Waals surface area contributed by atoms with Gasteiger partial charge in [-0.3, -0.25) is 0 Å². The molecule has 0 fully saturated rings. The number of thiophene rings is 1. The fourth-order valence-corrected chi connectivity index (χ4v) is 4.53. The fraction of sp³-hybridized carbons (Fsp3) is 0.235. The highest BCUT2D eigenvalue weighted by atomic mass is 32.1. The van der Waals surface area contributed by atoms with E-state index in [2.05, 4.69) is 67.6 Å². The summed E-state index contributed by atoms with van der Waals surface area (Å²) in [6.45, 7) is 8.69. The Bertz CT molecular complexity index is 830. The standard InChI is InChI=1S/C17H16NS/c1-4-17(3)11(2)18-10-6-9-14-16(18)15-12(17)7-5-8-13(15)19-14/h4-11H,1H2,2-3H3/q+1. The third-order valence-electron chi connectivity index (χ3n) is 4.76. The maximum atomic E-state index is 4.10. The molecule has 0 N–H and O–H groups in total. The highest BCUT2D eigenvalue weighted by molar-refractivity contribution is 7.25. The van der Waals surface area contributed by atoms with Crippen LogP contribution in [0.3, 0.4) is 0 Å². The number of pyridine rings is 1. The van der Waals surface area contributed by atoms with Crippen LogP contribution < -0.4 is 4.57 Å². The molecule has 1 aliphatic heterocycles. The molecule has 2 heteroatoms. The molecular formula is C17H16NS+. The molecule has 94 valence electrons. The predicted molar refractivity (Wildman–Crippen MR) is 81.8 cm³/mol. The van der Waals surface area contributed by atoms with Crippen molar-refractivity contribution >= 4 is 31.6 Å². The van der Waals surface area contributed by atoms with E-state index in [9.17, 15) is 0 Å². The van der Waals surface area contributed by atoms with Crippen molar-refractivity contribution in [3.05, 3.63) is 54.7 Å². The van der Waals surface area contributed by atoms with Gasteiger partial charge in [0.15, 0.2) is 12.2 Å². The second-order valence-corrected chi connectivity index (χ2v) is 6.66. The van der Waals surface area contributed by atoms with Crippen molar-refractivity contribution in [3.8, 4) is 0 Å². The van der Waals surface area contributed by atoms with E-state index >= 15 is 0 Å². The van der Waals surface area contributed by atoms with Crippen molar-refractivity contribution in [2.45, 2.75) is 25.3 Å². The summed E-state index contributed by atoms with van der Waals surface area (Å²) in [6.07, 6.45) is 4.32. The third kappa shape index (κ3) is 1.18. The van der Waals surface area contributed by atoms with Crippen LogP contribution in [0, 0.1) is 0 Å². The topological polar surface area (TPSA) is 3.88 Å². The Kier molecular flexibility index (Phi) is 2.03. The van der Waals surface area contributed by atoms with Crippen molar-refractivity contribution in [1.82, 2.24) is 0 Å². The smallest absolute Gasteiger partial charge is 0.193 e. The molecular weight excluding hydrogens is 250 g/mol. The Morgan fingerprint density at radius 1 is 1.26 bits per heavy atom. The number of nitrogens with zero attached hydrogens (tertiary/aromatic N) is 1. The van der Waals surface area contributed by atoms with Gasteiger partial charge in [-0.2, -0.15) is 4.57 Å². The van der Waals surface area contributed by atoms with Gasteiger partial charge >= 0.3 is 0 Å². The first-order valence-electron chi connectivity index (χ1n) is 6.66. The first kappa shape index (κ1) is 11.2. The normalized spacial score (nSPS) is 25.3. The van der Waals surface area contributed by atoms with Crippen LogP contribution in [0.4, 0.5) is 0 Å². The summed E-state index contributed by atoms with van der Waals surface area (Å²) in [6, 6.07) is 11.4. The predicted octanol–water partition coefficient (Wildman–Crippen LogP) is 4.36. The molecule has 0 saturated heterocycles. The molecule has 3 heterocycles. The zero-order valence-electron chi connectivity index (χ0n) is 11.2. The highest BCUT2D eigenvalue weighted by Gasteiger charge is 2.43. The molecule has 1 aliphatic rings. The van der Waals surface area contributed by atoms with E-state index in [0.29, 0.717) is 6.04 Å². The SMILES string of the molecule is C=CC1(C)c2cccc3sc4ccc[n+](c4c23)C1C. The van der Waals surface area contributed by atoms with Gasteiger partial charge in [-0.05, 0) is 31.5 Å². The number of aromatic nitrogens is 1. The van der Waals surface area contributed by atoms with Crippen LogP contribution in [-0.4, -0.2) is 0 Å². The quantitative estimate of drug-likeness (QED) is 0.455. The van der Waals surface area contributed by atoms with Crippen LogP contribution >= 0.6 is 11.3 Å². The summed E-state index contributed by atoms with van der Waals surface area (Å²) in [4.78, 5) is 0. The molecule has 0 saturated carbocycles. The Morgan fingerprint density at radius 2 is 2.05 bits per heavy atom. The van der Waals surface area contributed by atoms with Gasteiger partial charge in [-0.1, -0.05) is 18.2 Å². The average molecular weight is 266 g/mol. The minimum absolute atomic E-state index is 0.00741. The molecule has 2 unspecified atom stereocenters. The largest absolute Gasteiger partial charge is 0.231 e. The van der Waals surface area contributed by atoms with E-state index in [0.717, 1.165) is 0 Å². The van der Waals surface area contributed by atoms with Crippen molar-refractivity contribution in [3.63, 3.8) is 0 Å². The van der Waals surface area contributed by atoms with Gasteiger partial charge in [-0.25, -0.2) is 0 Å². The minimum Gasteiger partial charge on any atom is -0.193 e. The fourth-order valence-electron chi connectivity index (χ4n) is 3.38. The van der Waals surface area contributed by atoms with Crippen LogP contribution in [0.1, 0.15) is 25.5 Å². The second-order valence-electron chi connectivity index (χ2n) is 5.57. The summed E-state index contributed by atoms with van der Waals surface area (Å²) in [7, 11) is 0. The lowest BCUT2D eigenvalue weighted by Gasteiger charge is -2.32. The number of benzene rings is 1. The van der Waals surface area contributed by atoms with E-state index in [1.54, 1.807) is 0 Å². The van der Waals surface area contributed by atoms with Gasteiger partial charge in [0, 0.05) is 10.8 Å². The van der Waals surface area contributed by atoms with Gasteiger partial charge in [0.05, 0.1) is 10.8 Å². The number of rotatable bonds is 1. The Balaban J connectivity index is 2.34. The average Bonchev–Trinajstić information content (AvgIpc) is 2.82. The highest BCUT2D eigenvalue weighted by Crippen LogP contribution is 2.46. The van der Waals surface area contributed by atoms with Crippen molar-refractivity contribution < 1.29 is 4.57 Å². The van der Waals surface area contributed by atoms with Crippen molar-refractivity contribution in [2.75, 3.05) is 0 Å². The molecule has 1 nitrogen and oxygen atoms in total. The molecule has 19 heavy (non-hydrogen) atoms. The Labute approximate surface area is 116 Å². The summed E-state index contributed by atoms with van der Waals surface area (Å²) in [5.74, 6) is 0. The van der Waals surface area contributed by atoms with Gasteiger partial charge in [0.25, 0.3) is 0 Å². The molecule has 0 aliphatic carbocycles. The lowest BCUT2D eigenvalue weighted by molar-refractivity contribution is -0.703. The summed E-state index contributed by atoms with van der Waals surface area (Å²) in [5, 5.41) is 1.42. The van der Waals surface area contributed by atoms with Crippen molar-refractivity contribution in [2.24, 2.45) is 0 Å². The molecule has 0 radical (unpaired) electrons. The molecule has 2 aromatic heterocycles. The van der Waals surface area contributed by atoms with Crippen LogP contribution in [0.15, 0.2) is 49.2 Å². The maximum absolute atomic E-state index is 4.10. The number of allylic oxidation sites excluding steroid dienone is 1. The molecule has 1 aromatic carbocycles. The van der Waals surface area contributed by atoms with Crippen LogP contribution in [-0.2, 0) is 5.41 Å². The lowest BCUT2D eigenvalue weighted by atomic mass is 9.73. The summed E-state index contributed by atoms with van der Waals surface area (Å²) in [5.41, 5.74) is 2.81. The van der Waals surface area contributed by atoms with Gasteiger partial charge < -0.3 is 0 Å². The van der Waals surface area contributed by atoms with E-state index in [4.69, 9.17) is 0 Å². The minimum atomic E-state index is -0.00741. The first-order valence-corrected chi connectivity index (χ1v) is 7.48. The van der Waals surface area contributed by atoms with Crippen LogP contribution in [0.5, 0.6) is 0 Å². The van der Waals surface area contributed by atoms with E-state index in [1.165, 1.54) is 25.9 Å². The Morgan fingerprint density at radius 3 is 2.84 bits per heavy atom. The molecule has 0 spiro atoms. The van der Waals surface area contributed by atoms with E-state index in [1.807, 2.05) is 11.3 Å². The first-order chi connectivity index (χ1) is 9.16. The third-order valence-corrected chi connectivity index (χ3v) is 5.87. The monoisotopic (exact) mass is 266 g/mol. The van der Waals surface area contributed by atoms with E-state index in [-0.39, 0.29) is 5.41 Å². The Hall–Kier alpha value is -1.67. The van der Waals surface area contributed by atoms with Gasteiger partial charge in [-0.15, -0.1) is 17.9 Å². The lowest BCUT2D eigenvalue weighted by Crippen LogP contribution is -2.50. The second kappa shape index (κ2) is 3.45. The van der Waals surface area contributed by atoms with Crippen LogP contribution in [0.25, 0.3) is 20.3 Å². The van der Waals surface area contributed by atoms with E-state index < -0.39 is 0 Å². The van der Waals surface area contributed by atoms with Gasteiger partial charge in [0.2, 0.25) is 5.52 Å². The zero-order valence-corrected chi connectivity index (χ0v) is 12.0. The molecule has 3 aromatic rings. The number of hydrogen-bond acceptors (Lipinski definition) is 1. The van der Waals surface area contributed by atoms with Gasteiger partial charge in [0.1, 0.15) is 4.70 Å². The summed E-state index contributed by atoms with van der Waals surface area (Å²) >= 11 is 1.89. The molecule has 2 atom stereocenters. The molecule has 0 amide bonds. The molecule has 0 bridgehead atoms. The molecule has 4 rings (SSSR count). The maximum Gasteiger partial charge on any atom is 0.231 e.